The highest BCUT2D eigenvalue weighted by Crippen LogP contribution is 2.22. The Bertz CT molecular complexity index is 498. The number of carbonyl (C=O) groups is 1. The van der Waals surface area contributed by atoms with Gasteiger partial charge in [-0.3, -0.25) is 19.9 Å². The van der Waals surface area contributed by atoms with Gasteiger partial charge in [-0.2, -0.15) is 9.98 Å². The second kappa shape index (κ2) is 13.4. The first-order valence-corrected chi connectivity index (χ1v) is 8.67. The molecule has 13 heteroatoms. The summed E-state index contributed by atoms with van der Waals surface area (Å²) >= 11 is 0. The van der Waals surface area contributed by atoms with Gasteiger partial charge in [-0.25, -0.2) is 4.90 Å². The molecule has 1 rings (SSSR count). The van der Waals surface area contributed by atoms with E-state index in [2.05, 4.69) is 15.3 Å². The van der Waals surface area contributed by atoms with Crippen molar-refractivity contribution in [1.82, 2.24) is 20.0 Å². The Morgan fingerprint density at radius 1 is 0.724 bits per heavy atom. The van der Waals surface area contributed by atoms with E-state index >= 15 is 0 Å². The lowest BCUT2D eigenvalue weighted by atomic mass is 10.3. The molecule has 1 aliphatic rings. The van der Waals surface area contributed by atoms with Gasteiger partial charge in [0.15, 0.2) is 6.29 Å². The molecule has 0 aromatic rings. The maximum atomic E-state index is 12.3. The molecule has 0 aromatic heterocycles. The fraction of sp³-hybridized carbons (Fsp3) is 0.812. The minimum absolute atomic E-state index is 0.0449. The third kappa shape index (κ3) is 6.85. The molecule has 0 amide bonds. The van der Waals surface area contributed by atoms with E-state index in [-0.39, 0.29) is 40.4 Å². The molecule has 0 saturated heterocycles. The van der Waals surface area contributed by atoms with Gasteiger partial charge < -0.3 is 28.4 Å². The summed E-state index contributed by atoms with van der Waals surface area (Å²) in [5.41, 5.74) is 0. The fourth-order valence-corrected chi connectivity index (χ4v) is 2.54. The average molecular weight is 420 g/mol. The van der Waals surface area contributed by atoms with Gasteiger partial charge in [-0.1, -0.05) is 0 Å². The summed E-state index contributed by atoms with van der Waals surface area (Å²) in [6, 6.07) is 0. The minimum Gasteiger partial charge on any atom is -0.369 e. The molecule has 0 aliphatic carbocycles. The van der Waals surface area contributed by atoms with Gasteiger partial charge >= 0.3 is 0 Å². The zero-order chi connectivity index (χ0) is 21.7. The van der Waals surface area contributed by atoms with Gasteiger partial charge in [0.2, 0.25) is 11.9 Å². The van der Waals surface area contributed by atoms with Crippen molar-refractivity contribution >= 4 is 18.2 Å². The van der Waals surface area contributed by atoms with Crippen LogP contribution in [0.3, 0.4) is 0 Å². The van der Waals surface area contributed by atoms with Crippen molar-refractivity contribution in [3.8, 4) is 0 Å². The van der Waals surface area contributed by atoms with E-state index in [1.807, 2.05) is 0 Å². The predicted octanol–water partition coefficient (Wildman–Crippen LogP) is -1.32. The lowest BCUT2D eigenvalue weighted by molar-refractivity contribution is -0.129. The highest BCUT2D eigenvalue weighted by atomic mass is 16.5. The number of carbonyl (C=O) groups excluding carboxylic acids is 1. The Morgan fingerprint density at radius 2 is 1.07 bits per heavy atom. The summed E-state index contributed by atoms with van der Waals surface area (Å²) in [6.45, 7) is 0.721. The molecule has 0 atom stereocenters. The van der Waals surface area contributed by atoms with Crippen LogP contribution in [0.4, 0.5) is 0 Å². The number of nitrogens with zero attached hydrogens (tertiary/aromatic N) is 5. The van der Waals surface area contributed by atoms with Crippen LogP contribution < -0.4 is 5.32 Å². The number of rotatable bonds is 14. The Kier molecular flexibility index (Phi) is 11.6. The number of ether oxygens (including phenoxy) is 6. The molecular formula is C16H32N6O7. The maximum Gasteiger partial charge on any atom is 0.274 e. The SMILES string of the molecule is COCN(COC)C1=NC(C=O)(N(COC)COC)N=C(N(COC)COC)N1. The normalized spacial score (nSPS) is 15.6. The molecule has 1 N–H and O–H groups in total. The molecule has 168 valence electrons. The van der Waals surface area contributed by atoms with E-state index in [1.54, 1.807) is 38.2 Å². The van der Waals surface area contributed by atoms with Crippen LogP contribution in [0.2, 0.25) is 0 Å². The molecule has 0 spiro atoms. The van der Waals surface area contributed by atoms with E-state index in [0.29, 0.717) is 18.2 Å². The van der Waals surface area contributed by atoms with E-state index in [1.165, 1.54) is 19.1 Å². The van der Waals surface area contributed by atoms with Crippen LogP contribution in [0.5, 0.6) is 0 Å². The molecule has 0 aromatic carbocycles. The summed E-state index contributed by atoms with van der Waals surface area (Å²) in [5, 5.41) is 3.09. The molecule has 13 nitrogen and oxygen atoms in total. The lowest BCUT2D eigenvalue weighted by Gasteiger charge is -2.39. The second-order valence-corrected chi connectivity index (χ2v) is 5.93. The largest absolute Gasteiger partial charge is 0.369 e. The zero-order valence-corrected chi connectivity index (χ0v) is 17.9. The van der Waals surface area contributed by atoms with Crippen LogP contribution in [0.15, 0.2) is 9.98 Å². The first kappa shape index (κ1) is 25.2. The van der Waals surface area contributed by atoms with E-state index in [4.69, 9.17) is 28.4 Å². The first-order valence-electron chi connectivity index (χ1n) is 8.67. The molecule has 0 radical (unpaired) electrons. The van der Waals surface area contributed by atoms with Crippen molar-refractivity contribution < 1.29 is 33.2 Å². The molecule has 0 saturated carbocycles. The molecule has 0 unspecified atom stereocenters. The number of aliphatic imine (C=N–C) groups is 2. The standard InChI is InChI=1S/C16H32N6O7/c1-24-8-20(9-25-2)14-17-15(21(10-26-3)11-27-4)19-16(7-23,18-14)22(12-28-5)13-29-6/h7H,8-13H2,1-6H3,(H,17,18,19). The summed E-state index contributed by atoms with van der Waals surface area (Å²) in [7, 11) is 9.16. The van der Waals surface area contributed by atoms with E-state index < -0.39 is 5.79 Å². The Labute approximate surface area is 171 Å². The molecule has 1 heterocycles. The van der Waals surface area contributed by atoms with Gasteiger partial charge in [-0.15, -0.1) is 0 Å². The average Bonchev–Trinajstić information content (AvgIpc) is 2.73. The van der Waals surface area contributed by atoms with Crippen molar-refractivity contribution in [2.45, 2.75) is 5.79 Å². The molecule has 29 heavy (non-hydrogen) atoms. The van der Waals surface area contributed by atoms with E-state index in [9.17, 15) is 4.79 Å². The smallest absolute Gasteiger partial charge is 0.274 e. The number of aldehydes is 1. The highest BCUT2D eigenvalue weighted by molar-refractivity contribution is 6.02. The van der Waals surface area contributed by atoms with Crippen LogP contribution in [0.25, 0.3) is 0 Å². The van der Waals surface area contributed by atoms with Crippen LogP contribution >= 0.6 is 0 Å². The van der Waals surface area contributed by atoms with Gasteiger partial charge in [-0.05, 0) is 0 Å². The van der Waals surface area contributed by atoms with Gasteiger partial charge in [0.05, 0.1) is 0 Å². The highest BCUT2D eigenvalue weighted by Gasteiger charge is 2.42. The summed E-state index contributed by atoms with van der Waals surface area (Å²) in [6.07, 6.45) is 0.613. The van der Waals surface area contributed by atoms with Gasteiger partial charge in [0.1, 0.15) is 40.4 Å². The maximum absolute atomic E-state index is 12.3. The van der Waals surface area contributed by atoms with Crippen LogP contribution in [0.1, 0.15) is 0 Å². The molecule has 0 fully saturated rings. The minimum atomic E-state index is -1.65. The van der Waals surface area contributed by atoms with Crippen molar-refractivity contribution in [2.24, 2.45) is 9.98 Å². The Morgan fingerprint density at radius 3 is 1.34 bits per heavy atom. The van der Waals surface area contributed by atoms with Gasteiger partial charge in [0, 0.05) is 42.7 Å². The van der Waals surface area contributed by atoms with Gasteiger partial charge in [0.25, 0.3) is 5.79 Å². The fourth-order valence-electron chi connectivity index (χ4n) is 2.54. The Hall–Kier alpha value is -1.87. The quantitative estimate of drug-likeness (QED) is 0.266. The lowest BCUT2D eigenvalue weighted by Crippen LogP contribution is -2.61. The zero-order valence-electron chi connectivity index (χ0n) is 17.9. The van der Waals surface area contributed by atoms with Crippen LogP contribution in [-0.2, 0) is 33.2 Å². The second-order valence-electron chi connectivity index (χ2n) is 5.93. The molecule has 0 bridgehead atoms. The van der Waals surface area contributed by atoms with Crippen molar-refractivity contribution in [3.05, 3.63) is 0 Å². The van der Waals surface area contributed by atoms with Crippen molar-refractivity contribution in [1.29, 1.82) is 0 Å². The monoisotopic (exact) mass is 420 g/mol. The number of guanidine groups is 2. The predicted molar refractivity (Wildman–Crippen MR) is 104 cm³/mol. The Balaban J connectivity index is 3.48. The number of nitrogens with one attached hydrogen (secondary N) is 1. The summed E-state index contributed by atoms with van der Waals surface area (Å²) in [4.78, 5) is 26.2. The topological polar surface area (TPSA) is 119 Å². The van der Waals surface area contributed by atoms with Crippen LogP contribution in [-0.4, -0.2) is 122 Å². The van der Waals surface area contributed by atoms with Crippen molar-refractivity contribution in [3.63, 3.8) is 0 Å². The number of methoxy groups -OCH3 is 6. The molecular weight excluding hydrogens is 388 g/mol. The third-order valence-electron chi connectivity index (χ3n) is 3.70. The van der Waals surface area contributed by atoms with E-state index in [0.717, 1.165) is 0 Å². The number of hydrogen-bond donors (Lipinski definition) is 1. The molecule has 1 aliphatic heterocycles. The summed E-state index contributed by atoms with van der Waals surface area (Å²) < 4.78 is 31.4. The first-order chi connectivity index (χ1) is 14.0. The number of hydrogen-bond acceptors (Lipinski definition) is 13. The third-order valence-corrected chi connectivity index (χ3v) is 3.70. The van der Waals surface area contributed by atoms with Crippen LogP contribution in [0, 0.1) is 0 Å². The summed E-state index contributed by atoms with van der Waals surface area (Å²) in [5.74, 6) is -1.04. The van der Waals surface area contributed by atoms with Crippen molar-refractivity contribution in [2.75, 3.05) is 83.0 Å².